The lowest BCUT2D eigenvalue weighted by Crippen LogP contribution is -2.34. The van der Waals surface area contributed by atoms with E-state index in [1.165, 1.54) is 22.5 Å². The minimum absolute atomic E-state index is 0.0121. The normalized spacial score (nSPS) is 14.5. The standard InChI is InChI=1S/C14H13NOS2/c16-14(13-7-12(17)8-18-13)15-11-5-9-3-1-2-4-10(9)6-11/h1-4,7-8,11,17H,5-6H2,(H,15,16). The molecule has 0 spiro atoms. The van der Waals surface area contributed by atoms with Gasteiger partial charge >= 0.3 is 0 Å². The van der Waals surface area contributed by atoms with E-state index in [1.807, 2.05) is 11.4 Å². The number of thiophene rings is 1. The van der Waals surface area contributed by atoms with Gasteiger partial charge in [0.2, 0.25) is 0 Å². The fourth-order valence-corrected chi connectivity index (χ4v) is 3.41. The number of benzene rings is 1. The Morgan fingerprint density at radius 1 is 1.28 bits per heavy atom. The van der Waals surface area contributed by atoms with Crippen LogP contribution in [0.3, 0.4) is 0 Å². The van der Waals surface area contributed by atoms with Gasteiger partial charge < -0.3 is 5.32 Å². The van der Waals surface area contributed by atoms with Crippen LogP contribution in [0.1, 0.15) is 20.8 Å². The second-order valence-electron chi connectivity index (χ2n) is 4.52. The molecule has 0 aliphatic heterocycles. The molecular formula is C14H13NOS2. The summed E-state index contributed by atoms with van der Waals surface area (Å²) in [6.07, 6.45) is 1.86. The molecule has 18 heavy (non-hydrogen) atoms. The van der Waals surface area contributed by atoms with Crippen molar-refractivity contribution in [2.45, 2.75) is 23.8 Å². The fraction of sp³-hybridized carbons (Fsp3) is 0.214. The predicted molar refractivity (Wildman–Crippen MR) is 76.7 cm³/mol. The summed E-state index contributed by atoms with van der Waals surface area (Å²) in [6.45, 7) is 0. The van der Waals surface area contributed by atoms with E-state index >= 15 is 0 Å². The number of thiol groups is 1. The number of hydrogen-bond acceptors (Lipinski definition) is 3. The fourth-order valence-electron chi connectivity index (χ4n) is 2.36. The van der Waals surface area contributed by atoms with Crippen LogP contribution in [0.15, 0.2) is 40.6 Å². The molecule has 0 radical (unpaired) electrons. The Kier molecular flexibility index (Phi) is 3.14. The largest absolute Gasteiger partial charge is 0.348 e. The van der Waals surface area contributed by atoms with Crippen LogP contribution in [-0.4, -0.2) is 11.9 Å². The van der Waals surface area contributed by atoms with Crippen molar-refractivity contribution in [2.75, 3.05) is 0 Å². The van der Waals surface area contributed by atoms with E-state index in [0.717, 1.165) is 22.6 Å². The van der Waals surface area contributed by atoms with Crippen LogP contribution in [0.4, 0.5) is 0 Å². The van der Waals surface area contributed by atoms with Crippen LogP contribution in [-0.2, 0) is 12.8 Å². The first-order chi connectivity index (χ1) is 8.72. The molecule has 1 aliphatic rings. The van der Waals surface area contributed by atoms with Crippen LogP contribution in [0.2, 0.25) is 0 Å². The minimum Gasteiger partial charge on any atom is -0.348 e. The van der Waals surface area contributed by atoms with Gasteiger partial charge in [-0.1, -0.05) is 24.3 Å². The number of rotatable bonds is 2. The molecule has 3 rings (SSSR count). The molecule has 1 aromatic carbocycles. The second kappa shape index (κ2) is 4.78. The van der Waals surface area contributed by atoms with Crippen molar-refractivity contribution in [1.82, 2.24) is 5.32 Å². The average Bonchev–Trinajstić information content (AvgIpc) is 2.94. The number of carbonyl (C=O) groups excluding carboxylic acids is 1. The lowest BCUT2D eigenvalue weighted by atomic mass is 10.1. The van der Waals surface area contributed by atoms with E-state index in [4.69, 9.17) is 0 Å². The molecule has 0 bridgehead atoms. The summed E-state index contributed by atoms with van der Waals surface area (Å²) in [5, 5.41) is 4.97. The molecule has 92 valence electrons. The third-order valence-electron chi connectivity index (χ3n) is 3.20. The quantitative estimate of drug-likeness (QED) is 0.811. The Morgan fingerprint density at radius 2 is 1.94 bits per heavy atom. The van der Waals surface area contributed by atoms with Crippen LogP contribution in [0.25, 0.3) is 0 Å². The molecule has 4 heteroatoms. The highest BCUT2D eigenvalue weighted by atomic mass is 32.1. The molecule has 0 atom stereocenters. The molecule has 2 nitrogen and oxygen atoms in total. The number of hydrogen-bond donors (Lipinski definition) is 2. The highest BCUT2D eigenvalue weighted by Gasteiger charge is 2.23. The summed E-state index contributed by atoms with van der Waals surface area (Å²) in [7, 11) is 0. The lowest BCUT2D eigenvalue weighted by molar-refractivity contribution is 0.0942. The summed E-state index contributed by atoms with van der Waals surface area (Å²) >= 11 is 5.66. The third kappa shape index (κ3) is 2.31. The molecule has 1 aliphatic carbocycles. The van der Waals surface area contributed by atoms with E-state index in [-0.39, 0.29) is 11.9 Å². The summed E-state index contributed by atoms with van der Waals surface area (Å²) in [4.78, 5) is 13.6. The van der Waals surface area contributed by atoms with Crippen molar-refractivity contribution < 1.29 is 4.79 Å². The van der Waals surface area contributed by atoms with E-state index in [9.17, 15) is 4.79 Å². The van der Waals surface area contributed by atoms with Gasteiger partial charge in [-0.3, -0.25) is 4.79 Å². The maximum atomic E-state index is 12.0. The third-order valence-corrected chi connectivity index (χ3v) is 4.56. The van der Waals surface area contributed by atoms with Gasteiger partial charge in [-0.25, -0.2) is 0 Å². The van der Waals surface area contributed by atoms with Crippen LogP contribution >= 0.6 is 24.0 Å². The molecular weight excluding hydrogens is 262 g/mol. The van der Waals surface area contributed by atoms with Gasteiger partial charge in [0.15, 0.2) is 0 Å². The first kappa shape index (κ1) is 11.8. The molecule has 1 amide bonds. The second-order valence-corrected chi connectivity index (χ2v) is 5.94. The number of nitrogens with one attached hydrogen (secondary N) is 1. The van der Waals surface area contributed by atoms with Crippen LogP contribution in [0.5, 0.6) is 0 Å². The smallest absolute Gasteiger partial charge is 0.261 e. The van der Waals surface area contributed by atoms with Crippen molar-refractivity contribution in [3.8, 4) is 0 Å². The maximum absolute atomic E-state index is 12.0. The van der Waals surface area contributed by atoms with Gasteiger partial charge in [-0.05, 0) is 30.0 Å². The Bertz CT molecular complexity index is 566. The van der Waals surface area contributed by atoms with Crippen LogP contribution in [0, 0.1) is 0 Å². The predicted octanol–water partition coefficient (Wildman–Crippen LogP) is 2.93. The Labute approximate surface area is 115 Å². The first-order valence-corrected chi connectivity index (χ1v) is 7.20. The minimum atomic E-state index is 0.0121. The van der Waals surface area contributed by atoms with Gasteiger partial charge in [-0.2, -0.15) is 0 Å². The zero-order valence-corrected chi connectivity index (χ0v) is 11.4. The number of fused-ring (bicyclic) bond motifs is 1. The molecule has 0 saturated carbocycles. The summed E-state index contributed by atoms with van der Waals surface area (Å²) in [5.74, 6) is 0.0121. The van der Waals surface area contributed by atoms with E-state index in [2.05, 4.69) is 42.2 Å². The first-order valence-electron chi connectivity index (χ1n) is 5.87. The van der Waals surface area contributed by atoms with E-state index < -0.39 is 0 Å². The molecule has 1 aromatic heterocycles. The summed E-state index contributed by atoms with van der Waals surface area (Å²) in [5.41, 5.74) is 2.70. The van der Waals surface area contributed by atoms with Crippen molar-refractivity contribution in [3.05, 3.63) is 51.7 Å². The molecule has 1 N–H and O–H groups in total. The van der Waals surface area contributed by atoms with Gasteiger partial charge in [0.25, 0.3) is 5.91 Å². The summed E-state index contributed by atoms with van der Waals surface area (Å²) < 4.78 is 0. The highest BCUT2D eigenvalue weighted by molar-refractivity contribution is 7.80. The van der Waals surface area contributed by atoms with Gasteiger partial charge in [-0.15, -0.1) is 24.0 Å². The molecule has 0 saturated heterocycles. The number of carbonyl (C=O) groups is 1. The Morgan fingerprint density at radius 3 is 2.50 bits per heavy atom. The monoisotopic (exact) mass is 275 g/mol. The van der Waals surface area contributed by atoms with Crippen molar-refractivity contribution >= 4 is 29.9 Å². The number of amides is 1. The van der Waals surface area contributed by atoms with Gasteiger partial charge in [0, 0.05) is 16.3 Å². The van der Waals surface area contributed by atoms with Gasteiger partial charge in [0.05, 0.1) is 4.88 Å². The highest BCUT2D eigenvalue weighted by Crippen LogP contribution is 2.23. The van der Waals surface area contributed by atoms with Gasteiger partial charge in [0.1, 0.15) is 0 Å². The zero-order chi connectivity index (χ0) is 12.5. The lowest BCUT2D eigenvalue weighted by Gasteiger charge is -2.10. The molecule has 0 unspecified atom stereocenters. The zero-order valence-electron chi connectivity index (χ0n) is 9.72. The van der Waals surface area contributed by atoms with Crippen LogP contribution < -0.4 is 5.32 Å². The Balaban J connectivity index is 1.68. The summed E-state index contributed by atoms with van der Waals surface area (Å²) in [6, 6.07) is 10.4. The maximum Gasteiger partial charge on any atom is 0.261 e. The van der Waals surface area contributed by atoms with Crippen molar-refractivity contribution in [3.63, 3.8) is 0 Å². The van der Waals surface area contributed by atoms with Crippen molar-refractivity contribution in [1.29, 1.82) is 0 Å². The topological polar surface area (TPSA) is 29.1 Å². The Hall–Kier alpha value is -1.26. The molecule has 1 heterocycles. The van der Waals surface area contributed by atoms with E-state index in [1.54, 1.807) is 0 Å². The average molecular weight is 275 g/mol. The molecule has 0 fully saturated rings. The van der Waals surface area contributed by atoms with Crippen molar-refractivity contribution in [2.24, 2.45) is 0 Å². The van der Waals surface area contributed by atoms with E-state index in [0.29, 0.717) is 0 Å². The SMILES string of the molecule is O=C(NC1Cc2ccccc2C1)c1cc(S)cs1. The molecule has 2 aromatic rings.